The zero-order valence-electron chi connectivity index (χ0n) is 8.74. The number of nitrogens with zero attached hydrogens (tertiary/aromatic N) is 2. The van der Waals surface area contributed by atoms with Crippen molar-refractivity contribution in [3.05, 3.63) is 0 Å². The predicted octanol–water partition coefficient (Wildman–Crippen LogP) is 1.21. The Morgan fingerprint density at radius 1 is 1.29 bits per heavy atom. The first-order valence-electron chi connectivity index (χ1n) is 5.36. The molecule has 1 heterocycles. The number of piperazine rings is 1. The van der Waals surface area contributed by atoms with E-state index in [0.29, 0.717) is 5.91 Å². The summed E-state index contributed by atoms with van der Waals surface area (Å²) in [4.78, 5) is 13.8. The van der Waals surface area contributed by atoms with Crippen LogP contribution in [0.2, 0.25) is 0 Å². The van der Waals surface area contributed by atoms with Gasteiger partial charge in [0, 0.05) is 32.6 Å². The van der Waals surface area contributed by atoms with E-state index >= 15 is 0 Å². The second kappa shape index (κ2) is 4.53. The van der Waals surface area contributed by atoms with Crippen LogP contribution in [-0.2, 0) is 4.79 Å². The van der Waals surface area contributed by atoms with Gasteiger partial charge in [0.15, 0.2) is 0 Å². The maximum atomic E-state index is 11.7. The summed E-state index contributed by atoms with van der Waals surface area (Å²) in [6.07, 6.45) is 5.45. The summed E-state index contributed by atoms with van der Waals surface area (Å²) in [6.45, 7) is 3.90. The first-order chi connectivity index (χ1) is 6.79. The Morgan fingerprint density at radius 3 is 2.43 bits per heavy atom. The smallest absolute Gasteiger partial charge is 0.222 e. The normalized spacial score (nSPS) is 23.9. The van der Waals surface area contributed by atoms with Gasteiger partial charge in [-0.25, -0.2) is 4.31 Å². The van der Waals surface area contributed by atoms with Crippen LogP contribution in [0.5, 0.6) is 0 Å². The van der Waals surface area contributed by atoms with E-state index in [1.54, 1.807) is 11.9 Å². The molecular weight excluding hydrogens is 196 g/mol. The molecule has 0 atom stereocenters. The third kappa shape index (κ3) is 2.64. The summed E-state index contributed by atoms with van der Waals surface area (Å²) in [6, 6.07) is 0. The number of hydrogen-bond donors (Lipinski definition) is 0. The Kier molecular flexibility index (Phi) is 3.34. The Labute approximate surface area is 90.0 Å². The largest absolute Gasteiger partial charge is 0.340 e. The first-order valence-corrected chi connectivity index (χ1v) is 6.54. The van der Waals surface area contributed by atoms with Crippen molar-refractivity contribution < 1.29 is 4.79 Å². The second-order valence-electron chi connectivity index (χ2n) is 4.14. The quantitative estimate of drug-likeness (QED) is 0.660. The summed E-state index contributed by atoms with van der Waals surface area (Å²) >= 11 is 1.78. The van der Waals surface area contributed by atoms with Crippen molar-refractivity contribution >= 4 is 17.9 Å². The summed E-state index contributed by atoms with van der Waals surface area (Å²) in [5.41, 5.74) is 0. The van der Waals surface area contributed by atoms with Crippen molar-refractivity contribution in [3.63, 3.8) is 0 Å². The molecule has 4 heteroatoms. The molecule has 0 bridgehead atoms. The van der Waals surface area contributed by atoms with Crippen LogP contribution >= 0.6 is 11.9 Å². The van der Waals surface area contributed by atoms with Crippen molar-refractivity contribution in [3.8, 4) is 0 Å². The van der Waals surface area contributed by atoms with Crippen LogP contribution in [0.15, 0.2) is 0 Å². The molecule has 0 spiro atoms. The van der Waals surface area contributed by atoms with Gasteiger partial charge >= 0.3 is 0 Å². The van der Waals surface area contributed by atoms with Crippen LogP contribution in [-0.4, -0.2) is 47.5 Å². The zero-order chi connectivity index (χ0) is 9.97. The highest BCUT2D eigenvalue weighted by Gasteiger charge is 2.28. The SMILES string of the molecule is CSN1CCN(C(=O)CC2CC2)CC1. The molecule has 2 aliphatic rings. The van der Waals surface area contributed by atoms with E-state index in [9.17, 15) is 4.79 Å². The van der Waals surface area contributed by atoms with Crippen molar-refractivity contribution in [2.24, 2.45) is 5.92 Å². The molecule has 0 aromatic rings. The molecule has 2 rings (SSSR count). The van der Waals surface area contributed by atoms with E-state index in [-0.39, 0.29) is 0 Å². The van der Waals surface area contributed by atoms with E-state index in [2.05, 4.69) is 10.6 Å². The van der Waals surface area contributed by atoms with Gasteiger partial charge in [-0.15, -0.1) is 0 Å². The highest BCUT2D eigenvalue weighted by molar-refractivity contribution is 7.96. The molecule has 1 saturated heterocycles. The van der Waals surface area contributed by atoms with E-state index in [0.717, 1.165) is 38.5 Å². The Balaban J connectivity index is 1.73. The fraction of sp³-hybridized carbons (Fsp3) is 0.900. The Bertz CT molecular complexity index is 210. The lowest BCUT2D eigenvalue weighted by Crippen LogP contribution is -2.46. The van der Waals surface area contributed by atoms with Crippen LogP contribution in [0.3, 0.4) is 0 Å². The summed E-state index contributed by atoms with van der Waals surface area (Å²) < 4.78 is 2.32. The molecule has 1 aliphatic heterocycles. The lowest BCUT2D eigenvalue weighted by atomic mass is 10.2. The minimum atomic E-state index is 0.383. The molecule has 0 unspecified atom stereocenters. The van der Waals surface area contributed by atoms with Crippen LogP contribution in [0.25, 0.3) is 0 Å². The van der Waals surface area contributed by atoms with Gasteiger partial charge in [0.1, 0.15) is 0 Å². The minimum Gasteiger partial charge on any atom is -0.340 e. The van der Waals surface area contributed by atoms with Crippen molar-refractivity contribution in [1.29, 1.82) is 0 Å². The van der Waals surface area contributed by atoms with E-state index < -0.39 is 0 Å². The number of amides is 1. The molecule has 0 radical (unpaired) electrons. The van der Waals surface area contributed by atoms with Gasteiger partial charge in [-0.05, 0) is 25.0 Å². The van der Waals surface area contributed by atoms with Gasteiger partial charge in [-0.2, -0.15) is 0 Å². The van der Waals surface area contributed by atoms with Gasteiger partial charge in [0.05, 0.1) is 0 Å². The first kappa shape index (κ1) is 10.3. The lowest BCUT2D eigenvalue weighted by molar-refractivity contribution is -0.132. The molecule has 3 nitrogen and oxygen atoms in total. The van der Waals surface area contributed by atoms with Crippen molar-refractivity contribution in [2.45, 2.75) is 19.3 Å². The van der Waals surface area contributed by atoms with E-state index in [1.165, 1.54) is 12.8 Å². The maximum absolute atomic E-state index is 11.7. The summed E-state index contributed by atoms with van der Waals surface area (Å²) in [5.74, 6) is 1.11. The van der Waals surface area contributed by atoms with Gasteiger partial charge in [-0.3, -0.25) is 4.79 Å². The van der Waals surface area contributed by atoms with E-state index in [1.807, 2.05) is 4.90 Å². The molecule has 1 amide bonds. The standard InChI is InChI=1S/C10H18N2OS/c1-14-12-6-4-11(5-7-12)10(13)8-9-2-3-9/h9H,2-8H2,1H3. The van der Waals surface area contributed by atoms with Crippen molar-refractivity contribution in [2.75, 3.05) is 32.4 Å². The monoisotopic (exact) mass is 214 g/mol. The van der Waals surface area contributed by atoms with Crippen LogP contribution < -0.4 is 0 Å². The zero-order valence-corrected chi connectivity index (χ0v) is 9.55. The van der Waals surface area contributed by atoms with Crippen molar-refractivity contribution in [1.82, 2.24) is 9.21 Å². The molecule has 2 fully saturated rings. The molecule has 0 aromatic heterocycles. The van der Waals surface area contributed by atoms with Crippen LogP contribution in [0.4, 0.5) is 0 Å². The predicted molar refractivity (Wildman–Crippen MR) is 59.0 cm³/mol. The highest BCUT2D eigenvalue weighted by atomic mass is 32.2. The fourth-order valence-corrected chi connectivity index (χ4v) is 2.35. The molecule has 1 saturated carbocycles. The van der Waals surface area contributed by atoms with Crippen LogP contribution in [0, 0.1) is 5.92 Å². The van der Waals surface area contributed by atoms with E-state index in [4.69, 9.17) is 0 Å². The molecule has 80 valence electrons. The molecule has 1 aliphatic carbocycles. The summed E-state index contributed by atoms with van der Waals surface area (Å²) in [7, 11) is 0. The topological polar surface area (TPSA) is 23.6 Å². The summed E-state index contributed by atoms with van der Waals surface area (Å²) in [5, 5.41) is 0. The third-order valence-corrected chi connectivity index (χ3v) is 3.89. The van der Waals surface area contributed by atoms with Gasteiger partial charge in [0.2, 0.25) is 5.91 Å². The Morgan fingerprint density at radius 2 is 1.93 bits per heavy atom. The van der Waals surface area contributed by atoms with Crippen LogP contribution in [0.1, 0.15) is 19.3 Å². The number of hydrogen-bond acceptors (Lipinski definition) is 3. The average Bonchev–Trinajstić information content (AvgIpc) is 3.02. The van der Waals surface area contributed by atoms with Gasteiger partial charge < -0.3 is 4.90 Å². The minimum absolute atomic E-state index is 0.383. The lowest BCUT2D eigenvalue weighted by Gasteiger charge is -2.33. The molecule has 0 aromatic carbocycles. The second-order valence-corrected chi connectivity index (χ2v) is 5.02. The van der Waals surface area contributed by atoms with Gasteiger partial charge in [0.25, 0.3) is 0 Å². The van der Waals surface area contributed by atoms with Gasteiger partial charge in [-0.1, -0.05) is 11.9 Å². The maximum Gasteiger partial charge on any atom is 0.222 e. The number of carbonyl (C=O) groups excluding carboxylic acids is 1. The average molecular weight is 214 g/mol. The molecule has 14 heavy (non-hydrogen) atoms. The fourth-order valence-electron chi connectivity index (χ4n) is 1.82. The molecular formula is C10H18N2OS. The third-order valence-electron chi connectivity index (χ3n) is 3.01. The highest BCUT2D eigenvalue weighted by Crippen LogP contribution is 2.33. The molecule has 0 N–H and O–H groups in total. The Hall–Kier alpha value is -0.220. The number of carbonyl (C=O) groups is 1. The number of rotatable bonds is 3.